The molecule has 0 aromatic carbocycles. The zero-order valence-corrected chi connectivity index (χ0v) is 12.4. The molecule has 0 radical (unpaired) electrons. The fourth-order valence-corrected chi connectivity index (χ4v) is 1.69. The van der Waals surface area contributed by atoms with Crippen molar-refractivity contribution >= 4 is 11.9 Å². The molecule has 6 heteroatoms. The molecule has 0 rings (SSSR count). The maximum atomic E-state index is 10.7. The van der Waals surface area contributed by atoms with E-state index in [4.69, 9.17) is 21.1 Å². The van der Waals surface area contributed by atoms with Crippen LogP contribution in [0.3, 0.4) is 0 Å². The van der Waals surface area contributed by atoms with Crippen LogP contribution >= 0.6 is 0 Å². The Bertz CT molecular complexity index is 244. The van der Waals surface area contributed by atoms with Gasteiger partial charge in [-0.05, 0) is 6.42 Å². The van der Waals surface area contributed by atoms with E-state index in [1.54, 1.807) is 0 Å². The van der Waals surface area contributed by atoms with Gasteiger partial charge in [-0.15, -0.1) is 0 Å². The molecule has 0 aromatic heterocycles. The van der Waals surface area contributed by atoms with E-state index in [1.807, 2.05) is 0 Å². The summed E-state index contributed by atoms with van der Waals surface area (Å²) in [5.74, 6) is -2.74. The summed E-state index contributed by atoms with van der Waals surface area (Å²) in [5.41, 5.74) is 4.78. The van der Waals surface area contributed by atoms with Crippen LogP contribution < -0.4 is 5.73 Å². The third-order valence-electron chi connectivity index (χ3n) is 2.81. The minimum absolute atomic E-state index is 0.0972. The van der Waals surface area contributed by atoms with E-state index in [9.17, 15) is 9.59 Å². The summed E-state index contributed by atoms with van der Waals surface area (Å²) < 4.78 is 0. The molecule has 0 saturated heterocycles. The Morgan fingerprint density at radius 3 is 1.95 bits per heavy atom. The lowest BCUT2D eigenvalue weighted by atomic mass is 9.97. The van der Waals surface area contributed by atoms with E-state index >= 15 is 0 Å². The van der Waals surface area contributed by atoms with Crippen molar-refractivity contribution in [3.05, 3.63) is 0 Å². The Labute approximate surface area is 121 Å². The largest absolute Gasteiger partial charge is 0.481 e. The molecular weight excluding hydrogens is 262 g/mol. The summed E-state index contributed by atoms with van der Waals surface area (Å²) in [4.78, 5) is 21.2. The van der Waals surface area contributed by atoms with Gasteiger partial charge in [0.1, 0.15) is 0 Å². The van der Waals surface area contributed by atoms with Crippen LogP contribution in [0, 0.1) is 5.92 Å². The summed E-state index contributed by atoms with van der Waals surface area (Å²) >= 11 is 0. The van der Waals surface area contributed by atoms with Crippen LogP contribution in [-0.2, 0) is 9.59 Å². The zero-order valence-electron chi connectivity index (χ0n) is 12.4. The van der Waals surface area contributed by atoms with Crippen molar-refractivity contribution in [2.24, 2.45) is 11.7 Å². The molecule has 0 bridgehead atoms. The lowest BCUT2D eigenvalue weighted by molar-refractivity contribution is -0.148. The highest BCUT2D eigenvalue weighted by Crippen LogP contribution is 2.15. The number of carbonyl (C=O) groups is 2. The number of carboxylic acids is 2. The smallest absolute Gasteiger partial charge is 0.307 e. The SMILES string of the molecule is CCCCCCCCC(CC(=O)O)C(=O)O.NCCO. The number of hydrogen-bond donors (Lipinski definition) is 4. The molecule has 0 heterocycles. The standard InChI is InChI=1S/C12H22O4.C2H7NO/c1-2-3-4-5-6-7-8-10(12(15)16)9-11(13)14;3-1-2-4/h10H,2-9H2,1H3,(H,13,14)(H,15,16);4H,1-3H2. The molecule has 0 spiro atoms. The highest BCUT2D eigenvalue weighted by Gasteiger charge is 2.19. The van der Waals surface area contributed by atoms with Gasteiger partial charge in [-0.25, -0.2) is 0 Å². The second kappa shape index (κ2) is 15.9. The summed E-state index contributed by atoms with van der Waals surface area (Å²) in [6.07, 6.45) is 6.75. The fraction of sp³-hybridized carbons (Fsp3) is 0.857. The first-order valence-electron chi connectivity index (χ1n) is 7.25. The van der Waals surface area contributed by atoms with Gasteiger partial charge >= 0.3 is 11.9 Å². The Hall–Kier alpha value is -1.14. The molecule has 0 aliphatic heterocycles. The molecule has 1 atom stereocenters. The zero-order chi connectivity index (χ0) is 15.8. The van der Waals surface area contributed by atoms with E-state index < -0.39 is 17.9 Å². The van der Waals surface area contributed by atoms with Gasteiger partial charge in [-0.2, -0.15) is 0 Å². The maximum absolute atomic E-state index is 10.7. The van der Waals surface area contributed by atoms with Crippen LogP contribution in [0.15, 0.2) is 0 Å². The fourth-order valence-electron chi connectivity index (χ4n) is 1.69. The number of aliphatic hydroxyl groups excluding tert-OH is 1. The van der Waals surface area contributed by atoms with Gasteiger partial charge in [0.2, 0.25) is 0 Å². The summed E-state index contributed by atoms with van der Waals surface area (Å²) in [7, 11) is 0. The molecular formula is C14H29NO5. The van der Waals surface area contributed by atoms with E-state index in [0.717, 1.165) is 19.3 Å². The first-order valence-corrected chi connectivity index (χ1v) is 7.25. The normalized spacial score (nSPS) is 11.3. The topological polar surface area (TPSA) is 121 Å². The van der Waals surface area contributed by atoms with Crippen LogP contribution in [0.4, 0.5) is 0 Å². The molecule has 6 nitrogen and oxygen atoms in total. The Kier molecular flexibility index (Phi) is 16.8. The van der Waals surface area contributed by atoms with E-state index in [2.05, 4.69) is 6.92 Å². The number of aliphatic hydroxyl groups is 1. The summed E-state index contributed by atoms with van der Waals surface area (Å²) in [6, 6.07) is 0. The van der Waals surface area contributed by atoms with Gasteiger partial charge in [0, 0.05) is 6.54 Å². The van der Waals surface area contributed by atoms with Gasteiger partial charge < -0.3 is 21.1 Å². The summed E-state index contributed by atoms with van der Waals surface area (Å²) in [6.45, 7) is 2.62. The van der Waals surface area contributed by atoms with Crippen LogP contribution in [-0.4, -0.2) is 40.4 Å². The minimum atomic E-state index is -1.03. The maximum Gasteiger partial charge on any atom is 0.307 e. The number of unbranched alkanes of at least 4 members (excludes halogenated alkanes) is 5. The second-order valence-electron chi connectivity index (χ2n) is 4.70. The number of rotatable bonds is 11. The van der Waals surface area contributed by atoms with E-state index in [1.165, 1.54) is 19.3 Å². The molecule has 0 amide bonds. The minimum Gasteiger partial charge on any atom is -0.481 e. The van der Waals surface area contributed by atoms with E-state index in [-0.39, 0.29) is 13.0 Å². The molecule has 1 unspecified atom stereocenters. The summed E-state index contributed by atoms with van der Waals surface area (Å²) in [5, 5.41) is 25.1. The molecule has 0 aliphatic rings. The van der Waals surface area contributed by atoms with Gasteiger partial charge in [-0.1, -0.05) is 45.4 Å². The molecule has 0 aromatic rings. The average Bonchev–Trinajstić information content (AvgIpc) is 2.41. The average molecular weight is 291 g/mol. The Balaban J connectivity index is 0. The predicted molar refractivity (Wildman–Crippen MR) is 77.5 cm³/mol. The van der Waals surface area contributed by atoms with Gasteiger partial charge in [0.05, 0.1) is 18.9 Å². The van der Waals surface area contributed by atoms with Crippen molar-refractivity contribution in [2.75, 3.05) is 13.2 Å². The highest BCUT2D eigenvalue weighted by atomic mass is 16.4. The van der Waals surface area contributed by atoms with E-state index in [0.29, 0.717) is 13.0 Å². The molecule has 0 fully saturated rings. The van der Waals surface area contributed by atoms with Gasteiger partial charge in [-0.3, -0.25) is 9.59 Å². The third-order valence-corrected chi connectivity index (χ3v) is 2.81. The van der Waals surface area contributed by atoms with Crippen LogP contribution in [0.1, 0.15) is 58.3 Å². The molecule has 0 aliphatic carbocycles. The van der Waals surface area contributed by atoms with Crippen molar-refractivity contribution in [3.63, 3.8) is 0 Å². The van der Waals surface area contributed by atoms with Crippen molar-refractivity contribution in [3.8, 4) is 0 Å². The van der Waals surface area contributed by atoms with Crippen molar-refractivity contribution in [1.29, 1.82) is 0 Å². The number of carboxylic acid groups (broad SMARTS) is 2. The lowest BCUT2D eigenvalue weighted by Gasteiger charge is -2.09. The van der Waals surface area contributed by atoms with Crippen LogP contribution in [0.25, 0.3) is 0 Å². The monoisotopic (exact) mass is 291 g/mol. The number of aliphatic carboxylic acids is 2. The van der Waals surface area contributed by atoms with Gasteiger partial charge in [0.15, 0.2) is 0 Å². The molecule has 5 N–H and O–H groups in total. The van der Waals surface area contributed by atoms with Crippen LogP contribution in [0.5, 0.6) is 0 Å². The lowest BCUT2D eigenvalue weighted by Crippen LogP contribution is -2.17. The van der Waals surface area contributed by atoms with Crippen molar-refractivity contribution in [1.82, 2.24) is 0 Å². The van der Waals surface area contributed by atoms with Crippen LogP contribution in [0.2, 0.25) is 0 Å². The molecule has 20 heavy (non-hydrogen) atoms. The first kappa shape index (κ1) is 21.2. The molecule has 120 valence electrons. The first-order chi connectivity index (χ1) is 9.49. The number of hydrogen-bond acceptors (Lipinski definition) is 4. The van der Waals surface area contributed by atoms with Crippen molar-refractivity contribution < 1.29 is 24.9 Å². The molecule has 0 saturated carbocycles. The number of nitrogens with two attached hydrogens (primary N) is 1. The third kappa shape index (κ3) is 16.9. The second-order valence-corrected chi connectivity index (χ2v) is 4.70. The Morgan fingerprint density at radius 1 is 1.05 bits per heavy atom. The van der Waals surface area contributed by atoms with Crippen molar-refractivity contribution in [2.45, 2.75) is 58.3 Å². The quantitative estimate of drug-likeness (QED) is 0.431. The Morgan fingerprint density at radius 2 is 1.55 bits per heavy atom. The highest BCUT2D eigenvalue weighted by molar-refractivity contribution is 5.77. The predicted octanol–water partition coefficient (Wildman–Crippen LogP) is 1.85. The van der Waals surface area contributed by atoms with Gasteiger partial charge in [0.25, 0.3) is 0 Å².